The number of esters is 1. The molecule has 0 aromatic heterocycles. The minimum absolute atomic E-state index is 0.0731. The molecule has 1 aliphatic rings. The zero-order valence-corrected chi connectivity index (χ0v) is 6.88. The molecule has 11 heavy (non-hydrogen) atoms. The molecule has 62 valence electrons. The minimum atomic E-state index is -0.539. The van der Waals surface area contributed by atoms with Crippen LogP contribution in [0.25, 0.3) is 0 Å². The Balaban J connectivity index is 2.86. The van der Waals surface area contributed by atoms with Crippen LogP contribution in [-0.4, -0.2) is 12.1 Å². The molecule has 0 N–H and O–H groups in total. The first-order valence-electron chi connectivity index (χ1n) is 3.62. The highest BCUT2D eigenvalue weighted by molar-refractivity contribution is 5.90. The molecule has 0 aliphatic carbocycles. The normalized spacial score (nSPS) is 24.7. The van der Waals surface area contributed by atoms with Crippen molar-refractivity contribution >= 4 is 5.97 Å². The van der Waals surface area contributed by atoms with Gasteiger partial charge in [-0.05, 0) is 12.8 Å². The highest BCUT2D eigenvalue weighted by Gasteiger charge is 2.27. The summed E-state index contributed by atoms with van der Waals surface area (Å²) in [5.74, 6) is -0.553. The van der Waals surface area contributed by atoms with Crippen molar-refractivity contribution in [1.82, 2.24) is 0 Å². The number of rotatable bonds is 1. The van der Waals surface area contributed by atoms with Crippen molar-refractivity contribution in [2.24, 2.45) is 5.92 Å². The smallest absolute Gasteiger partial charge is 0.333 e. The summed E-state index contributed by atoms with van der Waals surface area (Å²) in [5, 5.41) is 11.2. The molecule has 1 atom stereocenters. The van der Waals surface area contributed by atoms with Crippen LogP contribution < -0.4 is 5.11 Å². The molecule has 0 saturated carbocycles. The van der Waals surface area contributed by atoms with Crippen molar-refractivity contribution in [2.45, 2.75) is 26.9 Å². The zero-order valence-electron chi connectivity index (χ0n) is 6.88. The third kappa shape index (κ3) is 1.23. The maximum atomic E-state index is 11.2. The van der Waals surface area contributed by atoms with E-state index in [-0.39, 0.29) is 17.3 Å². The second kappa shape index (κ2) is 2.57. The fourth-order valence-corrected chi connectivity index (χ4v) is 1.01. The first kappa shape index (κ1) is 8.11. The van der Waals surface area contributed by atoms with Crippen molar-refractivity contribution in [3.05, 3.63) is 11.3 Å². The lowest BCUT2D eigenvalue weighted by Gasteiger charge is -2.20. The lowest BCUT2D eigenvalue weighted by molar-refractivity contribution is -0.319. The summed E-state index contributed by atoms with van der Waals surface area (Å²) in [6.07, 6.45) is -0.539. The van der Waals surface area contributed by atoms with E-state index < -0.39 is 12.1 Å². The van der Waals surface area contributed by atoms with Gasteiger partial charge >= 0.3 is 5.97 Å². The third-order valence-corrected chi connectivity index (χ3v) is 1.77. The zero-order chi connectivity index (χ0) is 8.59. The van der Waals surface area contributed by atoms with Crippen molar-refractivity contribution < 1.29 is 14.6 Å². The van der Waals surface area contributed by atoms with Gasteiger partial charge in [-0.2, -0.15) is 0 Å². The summed E-state index contributed by atoms with van der Waals surface area (Å²) in [6, 6.07) is 0. The molecule has 0 aromatic rings. The van der Waals surface area contributed by atoms with E-state index in [2.05, 4.69) is 0 Å². The lowest BCUT2D eigenvalue weighted by Crippen LogP contribution is -2.24. The molecule has 1 heterocycles. The van der Waals surface area contributed by atoms with Crippen LogP contribution in [-0.2, 0) is 9.53 Å². The van der Waals surface area contributed by atoms with Gasteiger partial charge in [0.15, 0.2) is 0 Å². The minimum Gasteiger partial charge on any atom is -0.873 e. The first-order valence-corrected chi connectivity index (χ1v) is 3.62. The van der Waals surface area contributed by atoms with E-state index in [1.807, 2.05) is 13.8 Å². The van der Waals surface area contributed by atoms with Gasteiger partial charge in [0.25, 0.3) is 0 Å². The quantitative estimate of drug-likeness (QED) is 0.508. The predicted molar refractivity (Wildman–Crippen MR) is 37.4 cm³/mol. The number of hydrogen-bond donors (Lipinski definition) is 0. The van der Waals surface area contributed by atoms with Gasteiger partial charge < -0.3 is 9.84 Å². The standard InChI is InChI=1S/C8H12O3/c1-4(2)7-6(9)5(3)8(10)11-7/h4,7,9H,1-3H3/p-1/t7-/m1/s1. The molecule has 0 saturated heterocycles. The Labute approximate surface area is 65.7 Å². The highest BCUT2D eigenvalue weighted by Crippen LogP contribution is 2.23. The Morgan fingerprint density at radius 2 is 2.09 bits per heavy atom. The van der Waals surface area contributed by atoms with E-state index in [0.29, 0.717) is 0 Å². The first-order chi connectivity index (χ1) is 5.04. The van der Waals surface area contributed by atoms with Gasteiger partial charge in [-0.15, -0.1) is 0 Å². The molecule has 1 rings (SSSR count). The van der Waals surface area contributed by atoms with Crippen molar-refractivity contribution in [2.75, 3.05) is 0 Å². The van der Waals surface area contributed by atoms with E-state index >= 15 is 0 Å². The Kier molecular flexibility index (Phi) is 1.89. The van der Waals surface area contributed by atoms with Crippen LogP contribution in [0.15, 0.2) is 11.3 Å². The number of carbonyl (C=O) groups excluding carboxylic acids is 1. The molecule has 1 aliphatic heterocycles. The van der Waals surface area contributed by atoms with Crippen LogP contribution in [0.1, 0.15) is 20.8 Å². The molecule has 0 spiro atoms. The molecule has 0 fully saturated rings. The molecule has 3 nitrogen and oxygen atoms in total. The SMILES string of the molecule is CC1=C([O-])[C@@H](C(C)C)OC1=O. The second-order valence-electron chi connectivity index (χ2n) is 3.06. The van der Waals surface area contributed by atoms with Gasteiger partial charge in [-0.25, -0.2) is 4.79 Å². The Hall–Kier alpha value is -0.990. The largest absolute Gasteiger partial charge is 0.873 e. The Morgan fingerprint density at radius 1 is 1.55 bits per heavy atom. The van der Waals surface area contributed by atoms with E-state index in [4.69, 9.17) is 4.74 Å². The van der Waals surface area contributed by atoms with E-state index in [1.54, 1.807) is 0 Å². The lowest BCUT2D eigenvalue weighted by atomic mass is 10.1. The molecule has 0 bridgehead atoms. The number of ether oxygens (including phenoxy) is 1. The molecule has 0 amide bonds. The van der Waals surface area contributed by atoms with E-state index in [0.717, 1.165) is 0 Å². The van der Waals surface area contributed by atoms with Gasteiger partial charge in [0.1, 0.15) is 6.10 Å². The molecule has 0 radical (unpaired) electrons. The molecule has 0 unspecified atom stereocenters. The Morgan fingerprint density at radius 3 is 2.27 bits per heavy atom. The summed E-state index contributed by atoms with van der Waals surface area (Å²) in [7, 11) is 0. The monoisotopic (exact) mass is 155 g/mol. The summed E-state index contributed by atoms with van der Waals surface area (Å²) < 4.78 is 4.82. The maximum Gasteiger partial charge on any atom is 0.333 e. The highest BCUT2D eigenvalue weighted by atomic mass is 16.6. The average Bonchev–Trinajstić information content (AvgIpc) is 2.17. The van der Waals surface area contributed by atoms with Crippen LogP contribution in [0.4, 0.5) is 0 Å². The third-order valence-electron chi connectivity index (χ3n) is 1.77. The van der Waals surface area contributed by atoms with Gasteiger partial charge in [0, 0.05) is 5.57 Å². The maximum absolute atomic E-state index is 11.2. The number of carbonyl (C=O) groups is 1. The van der Waals surface area contributed by atoms with Gasteiger partial charge in [0.2, 0.25) is 0 Å². The van der Waals surface area contributed by atoms with Crippen LogP contribution in [0.5, 0.6) is 0 Å². The van der Waals surface area contributed by atoms with Crippen molar-refractivity contribution in [3.63, 3.8) is 0 Å². The summed E-state index contributed by atoms with van der Waals surface area (Å²) in [6.45, 7) is 5.22. The summed E-state index contributed by atoms with van der Waals surface area (Å²) in [5.41, 5.74) is 0.226. The topological polar surface area (TPSA) is 49.4 Å². The van der Waals surface area contributed by atoms with Crippen LogP contribution in [0, 0.1) is 5.92 Å². The number of cyclic esters (lactones) is 1. The fourth-order valence-electron chi connectivity index (χ4n) is 1.01. The molecular formula is C8H11O3-. The summed E-state index contributed by atoms with van der Waals surface area (Å²) >= 11 is 0. The number of hydrogen-bond acceptors (Lipinski definition) is 3. The summed E-state index contributed by atoms with van der Waals surface area (Å²) in [4.78, 5) is 10.8. The average molecular weight is 155 g/mol. The van der Waals surface area contributed by atoms with Gasteiger partial charge in [-0.3, -0.25) is 0 Å². The van der Waals surface area contributed by atoms with Gasteiger partial charge in [-0.1, -0.05) is 19.6 Å². The van der Waals surface area contributed by atoms with Gasteiger partial charge in [0.05, 0.1) is 0 Å². The molecular weight excluding hydrogens is 144 g/mol. The molecule has 0 aromatic carbocycles. The van der Waals surface area contributed by atoms with Crippen molar-refractivity contribution in [1.29, 1.82) is 0 Å². The second-order valence-corrected chi connectivity index (χ2v) is 3.06. The van der Waals surface area contributed by atoms with E-state index in [1.165, 1.54) is 6.92 Å². The predicted octanol–water partition coefficient (Wildman–Crippen LogP) is 0.202. The van der Waals surface area contributed by atoms with E-state index in [9.17, 15) is 9.90 Å². The van der Waals surface area contributed by atoms with Crippen molar-refractivity contribution in [3.8, 4) is 0 Å². The molecule has 3 heteroatoms. The Bertz CT molecular complexity index is 215. The van der Waals surface area contributed by atoms with Crippen LogP contribution in [0.3, 0.4) is 0 Å². The van der Waals surface area contributed by atoms with Crippen LogP contribution in [0.2, 0.25) is 0 Å². The fraction of sp³-hybridized carbons (Fsp3) is 0.625. The van der Waals surface area contributed by atoms with Crippen LogP contribution >= 0.6 is 0 Å².